The van der Waals surface area contributed by atoms with Gasteiger partial charge in [0.05, 0.1) is 11.9 Å². The molecule has 18 heavy (non-hydrogen) atoms. The Morgan fingerprint density at radius 2 is 2.28 bits per heavy atom. The minimum absolute atomic E-state index is 0.0854. The standard InChI is InChI=1S/C13H16FN3O/c14-12-5-4-10(8-15-12)16-13(18)17-7-6-9-2-1-3-11(9)17/h4-5,8-9,11H,1-3,6-7H2,(H,16,18). The van der Waals surface area contributed by atoms with Crippen molar-refractivity contribution in [2.45, 2.75) is 31.7 Å². The number of halogens is 1. The molecule has 0 radical (unpaired) electrons. The Bertz CT molecular complexity index is 448. The maximum atomic E-state index is 12.7. The monoisotopic (exact) mass is 249 g/mol. The first-order chi connectivity index (χ1) is 8.74. The SMILES string of the molecule is O=C(Nc1ccc(F)nc1)N1CCC2CCCC21. The number of likely N-dealkylation sites (tertiary alicyclic amines) is 1. The summed E-state index contributed by atoms with van der Waals surface area (Å²) in [6.45, 7) is 0.829. The van der Waals surface area contributed by atoms with Crippen molar-refractivity contribution < 1.29 is 9.18 Å². The number of carbonyl (C=O) groups excluding carboxylic acids is 1. The molecule has 2 atom stereocenters. The number of pyridine rings is 1. The van der Waals surface area contributed by atoms with Gasteiger partial charge in [0.2, 0.25) is 5.95 Å². The van der Waals surface area contributed by atoms with Crippen molar-refractivity contribution in [1.29, 1.82) is 0 Å². The molecule has 1 aliphatic heterocycles. The fourth-order valence-electron chi connectivity index (χ4n) is 3.13. The highest BCUT2D eigenvalue weighted by Crippen LogP contribution is 2.37. The fourth-order valence-corrected chi connectivity index (χ4v) is 3.13. The quantitative estimate of drug-likeness (QED) is 0.778. The minimum Gasteiger partial charge on any atom is -0.321 e. The second-order valence-electron chi connectivity index (χ2n) is 5.04. The van der Waals surface area contributed by atoms with E-state index < -0.39 is 5.95 Å². The van der Waals surface area contributed by atoms with E-state index in [1.54, 1.807) is 0 Å². The summed E-state index contributed by atoms with van der Waals surface area (Å²) in [5.41, 5.74) is 0.544. The summed E-state index contributed by atoms with van der Waals surface area (Å²) in [7, 11) is 0. The molecular weight excluding hydrogens is 233 g/mol. The number of anilines is 1. The highest BCUT2D eigenvalue weighted by Gasteiger charge is 2.39. The van der Waals surface area contributed by atoms with E-state index in [0.717, 1.165) is 19.4 Å². The average Bonchev–Trinajstić information content (AvgIpc) is 2.93. The number of nitrogens with zero attached hydrogens (tertiary/aromatic N) is 2. The number of urea groups is 1. The lowest BCUT2D eigenvalue weighted by Gasteiger charge is -2.24. The van der Waals surface area contributed by atoms with Crippen LogP contribution in [0.4, 0.5) is 14.9 Å². The summed E-state index contributed by atoms with van der Waals surface area (Å²) in [4.78, 5) is 17.6. The van der Waals surface area contributed by atoms with Crippen LogP contribution in [0.5, 0.6) is 0 Å². The van der Waals surface area contributed by atoms with E-state index in [2.05, 4.69) is 10.3 Å². The normalized spacial score (nSPS) is 26.2. The molecule has 0 spiro atoms. The molecule has 1 saturated heterocycles. The Balaban J connectivity index is 1.66. The number of hydrogen-bond acceptors (Lipinski definition) is 2. The van der Waals surface area contributed by atoms with Gasteiger partial charge in [0.15, 0.2) is 0 Å². The van der Waals surface area contributed by atoms with Crippen LogP contribution in [-0.2, 0) is 0 Å². The maximum absolute atomic E-state index is 12.7. The van der Waals surface area contributed by atoms with E-state index in [9.17, 15) is 9.18 Å². The number of rotatable bonds is 1. The molecule has 1 aromatic rings. The van der Waals surface area contributed by atoms with E-state index >= 15 is 0 Å². The van der Waals surface area contributed by atoms with E-state index in [1.165, 1.54) is 31.2 Å². The van der Waals surface area contributed by atoms with Crippen LogP contribution in [-0.4, -0.2) is 28.5 Å². The topological polar surface area (TPSA) is 45.2 Å². The lowest BCUT2D eigenvalue weighted by atomic mass is 10.1. The number of fused-ring (bicyclic) bond motifs is 1. The largest absolute Gasteiger partial charge is 0.322 e. The van der Waals surface area contributed by atoms with Crippen LogP contribution in [0.3, 0.4) is 0 Å². The highest BCUT2D eigenvalue weighted by molar-refractivity contribution is 5.89. The second kappa shape index (κ2) is 4.55. The van der Waals surface area contributed by atoms with Crippen molar-refractivity contribution in [2.24, 2.45) is 5.92 Å². The van der Waals surface area contributed by atoms with Crippen molar-refractivity contribution in [3.63, 3.8) is 0 Å². The molecule has 2 fully saturated rings. The van der Waals surface area contributed by atoms with Gasteiger partial charge in [-0.1, -0.05) is 6.42 Å². The van der Waals surface area contributed by atoms with Gasteiger partial charge in [-0.05, 0) is 37.3 Å². The molecule has 3 rings (SSSR count). The Kier molecular flexibility index (Phi) is 2.89. The summed E-state index contributed by atoms with van der Waals surface area (Å²) in [5, 5.41) is 2.78. The Hall–Kier alpha value is -1.65. The molecule has 1 aromatic heterocycles. The van der Waals surface area contributed by atoms with Crippen LogP contribution in [0.2, 0.25) is 0 Å². The molecule has 5 heteroatoms. The molecule has 1 N–H and O–H groups in total. The molecule has 1 saturated carbocycles. The van der Waals surface area contributed by atoms with Crippen molar-refractivity contribution in [3.8, 4) is 0 Å². The maximum Gasteiger partial charge on any atom is 0.322 e. The highest BCUT2D eigenvalue weighted by atomic mass is 19.1. The molecule has 2 heterocycles. The molecular formula is C13H16FN3O. The zero-order valence-electron chi connectivity index (χ0n) is 10.1. The molecule has 4 nitrogen and oxygen atoms in total. The van der Waals surface area contributed by atoms with E-state index in [0.29, 0.717) is 17.6 Å². The summed E-state index contributed by atoms with van der Waals surface area (Å²) in [5.74, 6) is 0.145. The van der Waals surface area contributed by atoms with Gasteiger partial charge in [0.25, 0.3) is 0 Å². The van der Waals surface area contributed by atoms with Crippen LogP contribution in [0.25, 0.3) is 0 Å². The van der Waals surface area contributed by atoms with Gasteiger partial charge in [0, 0.05) is 12.6 Å². The van der Waals surface area contributed by atoms with Gasteiger partial charge in [-0.3, -0.25) is 0 Å². The van der Waals surface area contributed by atoms with Crippen LogP contribution in [0.15, 0.2) is 18.3 Å². The summed E-state index contributed by atoms with van der Waals surface area (Å²) in [6, 6.07) is 3.09. The van der Waals surface area contributed by atoms with Crippen LogP contribution in [0.1, 0.15) is 25.7 Å². The smallest absolute Gasteiger partial charge is 0.321 e. The van der Waals surface area contributed by atoms with E-state index in [1.807, 2.05) is 4.90 Å². The first-order valence-electron chi connectivity index (χ1n) is 6.43. The van der Waals surface area contributed by atoms with Gasteiger partial charge in [0.1, 0.15) is 0 Å². The van der Waals surface area contributed by atoms with Gasteiger partial charge >= 0.3 is 6.03 Å². The van der Waals surface area contributed by atoms with Crippen molar-refractivity contribution in [2.75, 3.05) is 11.9 Å². The number of nitrogens with one attached hydrogen (secondary N) is 1. The second-order valence-corrected chi connectivity index (χ2v) is 5.04. The molecule has 2 amide bonds. The summed E-state index contributed by atoms with van der Waals surface area (Å²) < 4.78 is 12.7. The van der Waals surface area contributed by atoms with Crippen molar-refractivity contribution >= 4 is 11.7 Å². The Morgan fingerprint density at radius 3 is 3.06 bits per heavy atom. The van der Waals surface area contributed by atoms with Gasteiger partial charge < -0.3 is 10.2 Å². The predicted molar refractivity (Wildman–Crippen MR) is 65.7 cm³/mol. The third-order valence-electron chi connectivity index (χ3n) is 4.00. The minimum atomic E-state index is -0.537. The Labute approximate surface area is 105 Å². The Morgan fingerprint density at radius 1 is 1.39 bits per heavy atom. The molecule has 2 unspecified atom stereocenters. The summed E-state index contributed by atoms with van der Waals surface area (Å²) >= 11 is 0. The molecule has 0 bridgehead atoms. The number of amides is 2. The number of carbonyl (C=O) groups is 1. The van der Waals surface area contributed by atoms with Gasteiger partial charge in [-0.25, -0.2) is 9.78 Å². The van der Waals surface area contributed by atoms with E-state index in [4.69, 9.17) is 0 Å². The lowest BCUT2D eigenvalue weighted by Crippen LogP contribution is -2.39. The summed E-state index contributed by atoms with van der Waals surface area (Å²) in [6.07, 6.45) is 6.03. The first kappa shape index (κ1) is 11.4. The van der Waals surface area contributed by atoms with Crippen molar-refractivity contribution in [3.05, 3.63) is 24.3 Å². The molecule has 96 valence electrons. The fraction of sp³-hybridized carbons (Fsp3) is 0.538. The third kappa shape index (κ3) is 2.05. The van der Waals surface area contributed by atoms with Crippen LogP contribution >= 0.6 is 0 Å². The lowest BCUT2D eigenvalue weighted by molar-refractivity contribution is 0.203. The van der Waals surface area contributed by atoms with Crippen molar-refractivity contribution in [1.82, 2.24) is 9.88 Å². The number of hydrogen-bond donors (Lipinski definition) is 1. The van der Waals surface area contributed by atoms with Crippen LogP contribution < -0.4 is 5.32 Å². The predicted octanol–water partition coefficient (Wildman–Crippen LogP) is 2.63. The molecule has 1 aliphatic carbocycles. The molecule has 0 aromatic carbocycles. The molecule has 2 aliphatic rings. The first-order valence-corrected chi connectivity index (χ1v) is 6.43. The zero-order valence-corrected chi connectivity index (χ0v) is 10.1. The third-order valence-corrected chi connectivity index (χ3v) is 4.00. The van der Waals surface area contributed by atoms with E-state index in [-0.39, 0.29) is 6.03 Å². The van der Waals surface area contributed by atoms with Crippen LogP contribution in [0, 0.1) is 11.9 Å². The number of aromatic nitrogens is 1. The average molecular weight is 249 g/mol. The van der Waals surface area contributed by atoms with Gasteiger partial charge in [-0.2, -0.15) is 4.39 Å². The zero-order chi connectivity index (χ0) is 12.5. The van der Waals surface area contributed by atoms with Gasteiger partial charge in [-0.15, -0.1) is 0 Å².